The van der Waals surface area contributed by atoms with Crippen LogP contribution in [0.25, 0.3) is 0 Å². The molecule has 0 spiro atoms. The Morgan fingerprint density at radius 3 is 1.25 bits per heavy atom. The summed E-state index contributed by atoms with van der Waals surface area (Å²) in [6, 6.07) is 0. The predicted octanol–water partition coefficient (Wildman–Crippen LogP) is -1.64. The minimum atomic E-state index is -4.67. The van der Waals surface area contributed by atoms with Crippen molar-refractivity contribution in [2.75, 3.05) is 0 Å². The summed E-state index contributed by atoms with van der Waals surface area (Å²) < 4.78 is 31.6. The molecule has 0 saturated carbocycles. The minimum Gasteiger partial charge on any atom is -1.00 e. The summed E-state index contributed by atoms with van der Waals surface area (Å²) >= 11 is 0. The van der Waals surface area contributed by atoms with Gasteiger partial charge in [-0.05, 0) is 0 Å². The summed E-state index contributed by atoms with van der Waals surface area (Å²) in [5.74, 6) is 0. The van der Waals surface area contributed by atoms with Crippen LogP contribution in [0.2, 0.25) is 0 Å². The van der Waals surface area contributed by atoms with E-state index in [1.54, 1.807) is 0 Å². The van der Waals surface area contributed by atoms with E-state index in [2.05, 4.69) is 0 Å². The molecule has 8 heteroatoms. The molecule has 0 atom stereocenters. The van der Waals surface area contributed by atoms with E-state index in [0.29, 0.717) is 0 Å². The first kappa shape index (κ1) is 22.6. The Morgan fingerprint density at radius 2 is 1.25 bits per heavy atom. The van der Waals surface area contributed by atoms with Crippen LogP contribution in [-0.2, 0) is 27.5 Å². The molecule has 52 valence electrons. The summed E-state index contributed by atoms with van der Waals surface area (Å²) in [6.07, 6.45) is 0. The van der Waals surface area contributed by atoms with Gasteiger partial charge in [-0.2, -0.15) is 8.42 Å². The van der Waals surface area contributed by atoms with Gasteiger partial charge in [0.15, 0.2) is 0 Å². The van der Waals surface area contributed by atoms with Crippen molar-refractivity contribution in [2.45, 2.75) is 0 Å². The van der Waals surface area contributed by atoms with Crippen LogP contribution >= 0.6 is 0 Å². The van der Waals surface area contributed by atoms with Gasteiger partial charge in [-0.3, -0.25) is 9.11 Å². The molecule has 8 heavy (non-hydrogen) atoms. The zero-order valence-corrected chi connectivity index (χ0v) is 7.81. The molecular weight excluding hydrogens is 208 g/mol. The summed E-state index contributed by atoms with van der Waals surface area (Å²) in [4.78, 5) is 0. The third kappa shape index (κ3) is 128. The second-order valence-corrected chi connectivity index (χ2v) is 1.34. The van der Waals surface area contributed by atoms with Crippen LogP contribution in [0.3, 0.4) is 0 Å². The average Bonchev–Trinajstić information content (AvgIpc) is 0.722. The van der Waals surface area contributed by atoms with Gasteiger partial charge in [0, 0.05) is 17.1 Å². The van der Waals surface area contributed by atoms with E-state index in [1.165, 1.54) is 0 Å². The van der Waals surface area contributed by atoms with Gasteiger partial charge in [0.05, 0.1) is 0 Å². The van der Waals surface area contributed by atoms with Gasteiger partial charge in [0.25, 0.3) is 0 Å². The van der Waals surface area contributed by atoms with Gasteiger partial charge < -0.3 is 8.33 Å². The molecule has 0 aromatic rings. The van der Waals surface area contributed by atoms with Crippen LogP contribution in [0.4, 0.5) is 0 Å². The van der Waals surface area contributed by atoms with Crippen LogP contribution in [0.5, 0.6) is 0 Å². The van der Waals surface area contributed by atoms with E-state index in [1.807, 2.05) is 0 Å². The number of hydrogen-bond donors (Lipinski definition) is 2. The molecule has 0 amide bonds. The van der Waals surface area contributed by atoms with Crippen LogP contribution in [0.15, 0.2) is 0 Å². The molecule has 0 aliphatic rings. The quantitative estimate of drug-likeness (QED) is 0.372. The molecular formula is H6CaFeO5S. The monoisotopic (exact) mass is 214 g/mol. The summed E-state index contributed by atoms with van der Waals surface area (Å²) in [5.41, 5.74) is 0. The molecule has 0 bridgehead atoms. The smallest absolute Gasteiger partial charge is 1.00 e. The van der Waals surface area contributed by atoms with Gasteiger partial charge >= 0.3 is 48.1 Å². The molecule has 0 saturated heterocycles. The first-order valence-corrected chi connectivity index (χ1v) is 2.10. The third-order valence-corrected chi connectivity index (χ3v) is 0. The Bertz CT molecular complexity index is 103. The molecule has 0 aliphatic carbocycles. The maximum absolute atomic E-state index is 8.74. The molecule has 0 fully saturated rings. The van der Waals surface area contributed by atoms with Crippen molar-refractivity contribution in [1.82, 2.24) is 0 Å². The molecule has 5 nitrogen and oxygen atoms in total. The van der Waals surface area contributed by atoms with E-state index >= 15 is 0 Å². The first-order chi connectivity index (χ1) is 2.00. The summed E-state index contributed by atoms with van der Waals surface area (Å²) in [5, 5.41) is 0. The predicted molar refractivity (Wildman–Crippen MR) is 25.8 cm³/mol. The van der Waals surface area contributed by atoms with Crippen molar-refractivity contribution >= 4 is 48.1 Å². The van der Waals surface area contributed by atoms with Gasteiger partial charge in [-0.1, -0.05) is 0 Å². The minimum absolute atomic E-state index is 0. The zero-order valence-electron chi connectivity index (χ0n) is 5.68. The Balaban J connectivity index is -0.00000000800. The summed E-state index contributed by atoms with van der Waals surface area (Å²) in [6.45, 7) is 0. The van der Waals surface area contributed by atoms with Gasteiger partial charge in [0.1, 0.15) is 0 Å². The third-order valence-electron chi connectivity index (χ3n) is 0. The molecule has 0 aromatic heterocycles. The van der Waals surface area contributed by atoms with Crippen LogP contribution in [0, 0.1) is 0 Å². The van der Waals surface area contributed by atoms with E-state index in [4.69, 9.17) is 17.5 Å². The molecule has 0 heterocycles. The Labute approximate surface area is 90.2 Å². The largest absolute Gasteiger partial charge is 2.00 e. The number of hydrogen-bond acceptors (Lipinski definition) is 2. The van der Waals surface area contributed by atoms with E-state index in [-0.39, 0.29) is 63.1 Å². The van der Waals surface area contributed by atoms with Crippen LogP contribution < -0.4 is 0 Å². The standard InChI is InChI=1S/Ca.Fe.H2O4S.H2O.2H/c;;1-5(2,3)4;;;/h;;(H2,1,2,3,4);1H2;;/q+2;;;;2*-1. The Kier molecular flexibility index (Phi) is 24.4. The van der Waals surface area contributed by atoms with Crippen molar-refractivity contribution in [2.24, 2.45) is 0 Å². The molecule has 4 N–H and O–H groups in total. The van der Waals surface area contributed by atoms with Crippen LogP contribution in [-0.4, -0.2) is 60.7 Å². The summed E-state index contributed by atoms with van der Waals surface area (Å²) in [7, 11) is -4.67. The first-order valence-electron chi connectivity index (χ1n) is 0.698. The zero-order chi connectivity index (χ0) is 4.50. The van der Waals surface area contributed by atoms with Crippen molar-refractivity contribution in [3.8, 4) is 0 Å². The Hall–Kier alpha value is 1.61. The molecule has 0 rings (SSSR count). The fraction of sp³-hybridized carbons (Fsp3) is 0. The average molecular weight is 214 g/mol. The molecule has 0 aliphatic heterocycles. The fourth-order valence-corrected chi connectivity index (χ4v) is 0. The fourth-order valence-electron chi connectivity index (χ4n) is 0. The van der Waals surface area contributed by atoms with E-state index < -0.39 is 10.4 Å². The van der Waals surface area contributed by atoms with Crippen molar-refractivity contribution in [1.29, 1.82) is 0 Å². The Morgan fingerprint density at radius 1 is 1.25 bits per heavy atom. The van der Waals surface area contributed by atoms with Crippen LogP contribution in [0.1, 0.15) is 2.85 Å². The van der Waals surface area contributed by atoms with E-state index in [0.717, 1.165) is 0 Å². The molecule has 0 radical (unpaired) electrons. The molecule has 0 unspecified atom stereocenters. The second kappa shape index (κ2) is 8.61. The van der Waals surface area contributed by atoms with Crippen molar-refractivity contribution < 1.29 is 42.9 Å². The van der Waals surface area contributed by atoms with Gasteiger partial charge in [-0.15, -0.1) is 0 Å². The van der Waals surface area contributed by atoms with Gasteiger partial charge in [0.2, 0.25) is 0 Å². The van der Waals surface area contributed by atoms with Crippen molar-refractivity contribution in [3.63, 3.8) is 0 Å². The van der Waals surface area contributed by atoms with Crippen molar-refractivity contribution in [3.05, 3.63) is 0 Å². The maximum Gasteiger partial charge on any atom is 2.00 e. The molecule has 0 aromatic carbocycles. The second-order valence-electron chi connectivity index (χ2n) is 0.448. The SMILES string of the molecule is O.O=S(=O)(O)O.[Ca+2].[Fe].[H-].[H-]. The van der Waals surface area contributed by atoms with Gasteiger partial charge in [-0.25, -0.2) is 0 Å². The van der Waals surface area contributed by atoms with E-state index in [9.17, 15) is 0 Å². The topological polar surface area (TPSA) is 106 Å². The normalized spacial score (nSPS) is 7.25. The maximum atomic E-state index is 8.74. The number of rotatable bonds is 0.